The van der Waals surface area contributed by atoms with Crippen LogP contribution in [0.1, 0.15) is 5.56 Å². The first kappa shape index (κ1) is 14.3. The van der Waals surface area contributed by atoms with E-state index in [-0.39, 0.29) is 5.91 Å². The van der Waals surface area contributed by atoms with Crippen molar-refractivity contribution in [1.82, 2.24) is 15.2 Å². The molecule has 0 aromatic heterocycles. The van der Waals surface area contributed by atoms with Gasteiger partial charge in [0.2, 0.25) is 5.91 Å². The van der Waals surface area contributed by atoms with E-state index in [2.05, 4.69) is 27.4 Å². The highest BCUT2D eigenvalue weighted by atomic mass is 35.5. The van der Waals surface area contributed by atoms with E-state index in [4.69, 9.17) is 17.4 Å². The molecule has 1 fully saturated rings. The Morgan fingerprint density at radius 3 is 2.32 bits per heavy atom. The molecule has 2 rings (SSSR count). The molecule has 1 aliphatic heterocycles. The standard InChI is InChI=1S/C13H19ClN4O/c14-12-3-1-11(2-4-12)9-17-5-7-18(8-6-17)10-13(19)16-15/h1-4H,5-10,15H2,(H,16,19). The smallest absolute Gasteiger partial charge is 0.248 e. The van der Waals surface area contributed by atoms with E-state index in [0.717, 1.165) is 37.7 Å². The second-order valence-electron chi connectivity index (χ2n) is 4.75. The van der Waals surface area contributed by atoms with Gasteiger partial charge in [0.05, 0.1) is 6.54 Å². The van der Waals surface area contributed by atoms with E-state index in [1.165, 1.54) is 5.56 Å². The largest absolute Gasteiger partial charge is 0.297 e. The number of hydrazine groups is 1. The van der Waals surface area contributed by atoms with Crippen LogP contribution in [0, 0.1) is 0 Å². The fourth-order valence-corrected chi connectivity index (χ4v) is 2.33. The van der Waals surface area contributed by atoms with Crippen LogP contribution in [-0.2, 0) is 11.3 Å². The van der Waals surface area contributed by atoms with Crippen LogP contribution in [0.5, 0.6) is 0 Å². The zero-order valence-corrected chi connectivity index (χ0v) is 11.6. The van der Waals surface area contributed by atoms with Gasteiger partial charge in [0.25, 0.3) is 0 Å². The van der Waals surface area contributed by atoms with Crippen molar-refractivity contribution in [1.29, 1.82) is 0 Å². The summed E-state index contributed by atoms with van der Waals surface area (Å²) < 4.78 is 0. The fraction of sp³-hybridized carbons (Fsp3) is 0.462. The van der Waals surface area contributed by atoms with Crippen LogP contribution in [0.15, 0.2) is 24.3 Å². The molecular formula is C13H19ClN4O. The molecule has 0 spiro atoms. The summed E-state index contributed by atoms with van der Waals surface area (Å²) in [5, 5.41) is 0.765. The Morgan fingerprint density at radius 1 is 1.16 bits per heavy atom. The van der Waals surface area contributed by atoms with Crippen LogP contribution in [0.4, 0.5) is 0 Å². The molecule has 1 saturated heterocycles. The van der Waals surface area contributed by atoms with Crippen LogP contribution < -0.4 is 11.3 Å². The zero-order chi connectivity index (χ0) is 13.7. The van der Waals surface area contributed by atoms with Crippen LogP contribution >= 0.6 is 11.6 Å². The maximum absolute atomic E-state index is 11.2. The van der Waals surface area contributed by atoms with Crippen molar-refractivity contribution in [2.24, 2.45) is 5.84 Å². The maximum Gasteiger partial charge on any atom is 0.248 e. The third kappa shape index (κ3) is 4.47. The number of hydrogen-bond acceptors (Lipinski definition) is 4. The zero-order valence-electron chi connectivity index (χ0n) is 10.8. The molecule has 3 N–H and O–H groups in total. The van der Waals surface area contributed by atoms with Gasteiger partial charge in [-0.3, -0.25) is 20.0 Å². The van der Waals surface area contributed by atoms with Crippen molar-refractivity contribution in [3.05, 3.63) is 34.9 Å². The van der Waals surface area contributed by atoms with Crippen molar-refractivity contribution in [3.8, 4) is 0 Å². The molecule has 0 atom stereocenters. The van der Waals surface area contributed by atoms with Gasteiger partial charge in [-0.1, -0.05) is 23.7 Å². The molecule has 104 valence electrons. The Kier molecular flexibility index (Phi) is 5.15. The summed E-state index contributed by atoms with van der Waals surface area (Å²) in [6.07, 6.45) is 0. The molecule has 1 heterocycles. The first-order valence-electron chi connectivity index (χ1n) is 6.36. The number of rotatable bonds is 4. The van der Waals surface area contributed by atoms with E-state index in [1.54, 1.807) is 0 Å². The third-order valence-corrected chi connectivity index (χ3v) is 3.56. The van der Waals surface area contributed by atoms with Crippen molar-refractivity contribution in [2.75, 3.05) is 32.7 Å². The average Bonchev–Trinajstić information content (AvgIpc) is 2.43. The molecule has 5 nitrogen and oxygen atoms in total. The summed E-state index contributed by atoms with van der Waals surface area (Å²) in [6, 6.07) is 7.94. The lowest BCUT2D eigenvalue weighted by molar-refractivity contribution is -0.122. The van der Waals surface area contributed by atoms with Gasteiger partial charge in [0.15, 0.2) is 0 Å². The fourth-order valence-electron chi connectivity index (χ4n) is 2.20. The van der Waals surface area contributed by atoms with E-state index in [1.807, 2.05) is 12.1 Å². The normalized spacial score (nSPS) is 17.4. The van der Waals surface area contributed by atoms with Gasteiger partial charge in [-0.2, -0.15) is 0 Å². The highest BCUT2D eigenvalue weighted by Crippen LogP contribution is 2.12. The first-order chi connectivity index (χ1) is 9.17. The molecule has 1 aromatic carbocycles. The van der Waals surface area contributed by atoms with Crippen molar-refractivity contribution in [3.63, 3.8) is 0 Å². The summed E-state index contributed by atoms with van der Waals surface area (Å²) in [6.45, 7) is 5.00. The van der Waals surface area contributed by atoms with Gasteiger partial charge >= 0.3 is 0 Å². The SMILES string of the molecule is NNC(=O)CN1CCN(Cc2ccc(Cl)cc2)CC1. The molecule has 1 aliphatic rings. The Morgan fingerprint density at radius 2 is 1.74 bits per heavy atom. The Bertz CT molecular complexity index is 415. The van der Waals surface area contributed by atoms with Crippen LogP contribution in [0.2, 0.25) is 5.02 Å². The predicted octanol–water partition coefficient (Wildman–Crippen LogP) is 0.448. The topological polar surface area (TPSA) is 61.6 Å². The molecule has 0 bridgehead atoms. The lowest BCUT2D eigenvalue weighted by Gasteiger charge is -2.34. The number of nitrogens with two attached hydrogens (primary N) is 1. The van der Waals surface area contributed by atoms with Gasteiger partial charge in [0, 0.05) is 37.7 Å². The molecule has 0 aliphatic carbocycles. The second kappa shape index (κ2) is 6.86. The summed E-state index contributed by atoms with van der Waals surface area (Å²) in [4.78, 5) is 15.7. The Balaban J connectivity index is 1.77. The van der Waals surface area contributed by atoms with Crippen LogP contribution in [0.3, 0.4) is 0 Å². The molecular weight excluding hydrogens is 264 g/mol. The molecule has 1 amide bonds. The number of carbonyl (C=O) groups excluding carboxylic acids is 1. The molecule has 0 saturated carbocycles. The number of nitrogens with one attached hydrogen (secondary N) is 1. The number of piperazine rings is 1. The molecule has 0 unspecified atom stereocenters. The summed E-state index contributed by atoms with van der Waals surface area (Å²) in [7, 11) is 0. The number of halogens is 1. The third-order valence-electron chi connectivity index (χ3n) is 3.31. The quantitative estimate of drug-likeness (QED) is 0.478. The maximum atomic E-state index is 11.2. The molecule has 6 heteroatoms. The van der Waals surface area contributed by atoms with E-state index >= 15 is 0 Å². The van der Waals surface area contributed by atoms with Crippen molar-refractivity contribution in [2.45, 2.75) is 6.54 Å². The Labute approximate surface area is 118 Å². The monoisotopic (exact) mass is 282 g/mol. The molecule has 19 heavy (non-hydrogen) atoms. The number of nitrogens with zero attached hydrogens (tertiary/aromatic N) is 2. The van der Waals surface area contributed by atoms with Crippen LogP contribution in [0.25, 0.3) is 0 Å². The highest BCUT2D eigenvalue weighted by Gasteiger charge is 2.18. The van der Waals surface area contributed by atoms with Gasteiger partial charge < -0.3 is 0 Å². The number of benzene rings is 1. The van der Waals surface area contributed by atoms with Gasteiger partial charge in [-0.25, -0.2) is 5.84 Å². The number of carbonyl (C=O) groups is 1. The minimum Gasteiger partial charge on any atom is -0.297 e. The van der Waals surface area contributed by atoms with Crippen LogP contribution in [-0.4, -0.2) is 48.4 Å². The number of hydrogen-bond donors (Lipinski definition) is 2. The average molecular weight is 283 g/mol. The highest BCUT2D eigenvalue weighted by molar-refractivity contribution is 6.30. The van der Waals surface area contributed by atoms with E-state index < -0.39 is 0 Å². The molecule has 0 radical (unpaired) electrons. The minimum atomic E-state index is -0.133. The Hall–Kier alpha value is -1.14. The van der Waals surface area contributed by atoms with Gasteiger partial charge in [-0.15, -0.1) is 0 Å². The minimum absolute atomic E-state index is 0.133. The summed E-state index contributed by atoms with van der Waals surface area (Å²) >= 11 is 5.87. The number of amides is 1. The van der Waals surface area contributed by atoms with Gasteiger partial charge in [-0.05, 0) is 17.7 Å². The molecule has 1 aromatic rings. The summed E-state index contributed by atoms with van der Waals surface area (Å²) in [5.74, 6) is 4.95. The lowest BCUT2D eigenvalue weighted by Crippen LogP contribution is -2.49. The van der Waals surface area contributed by atoms with Gasteiger partial charge in [0.1, 0.15) is 0 Å². The summed E-state index contributed by atoms with van der Waals surface area (Å²) in [5.41, 5.74) is 3.42. The van der Waals surface area contributed by atoms with E-state index in [0.29, 0.717) is 6.54 Å². The predicted molar refractivity (Wildman–Crippen MR) is 75.5 cm³/mol. The second-order valence-corrected chi connectivity index (χ2v) is 5.18. The van der Waals surface area contributed by atoms with Crippen molar-refractivity contribution < 1.29 is 4.79 Å². The lowest BCUT2D eigenvalue weighted by atomic mass is 10.2. The van der Waals surface area contributed by atoms with E-state index in [9.17, 15) is 4.79 Å². The first-order valence-corrected chi connectivity index (χ1v) is 6.74. The van der Waals surface area contributed by atoms with Crippen molar-refractivity contribution >= 4 is 17.5 Å².